The Balaban J connectivity index is 4.49. The zero-order chi connectivity index (χ0) is 11.4. The molecule has 0 aliphatic rings. The Labute approximate surface area is 85.7 Å². The molecule has 0 unspecified atom stereocenters. The van der Waals surface area contributed by atoms with Crippen molar-refractivity contribution < 1.29 is 0 Å². The van der Waals surface area contributed by atoms with Crippen LogP contribution in [0.3, 0.4) is 0 Å². The highest BCUT2D eigenvalue weighted by atomic mass is 15.3. The van der Waals surface area contributed by atoms with Gasteiger partial charge in [0.05, 0.1) is 0 Å². The minimum atomic E-state index is -0.194. The van der Waals surface area contributed by atoms with E-state index in [0.717, 1.165) is 13.0 Å². The second kappa shape index (κ2) is 4.83. The van der Waals surface area contributed by atoms with E-state index in [2.05, 4.69) is 12.2 Å². The molecule has 0 heterocycles. The first-order valence-electron chi connectivity index (χ1n) is 4.76. The summed E-state index contributed by atoms with van der Waals surface area (Å²) >= 11 is 0. The molecule has 0 bridgehead atoms. The van der Waals surface area contributed by atoms with Gasteiger partial charge in [0.2, 0.25) is 0 Å². The minimum Gasteiger partial charge on any atom is -0.370 e. The third kappa shape index (κ3) is 4.11. The van der Waals surface area contributed by atoms with Crippen molar-refractivity contribution in [3.63, 3.8) is 0 Å². The summed E-state index contributed by atoms with van der Waals surface area (Å²) in [5, 5.41) is 17.3. The Morgan fingerprint density at radius 2 is 1.86 bits per heavy atom. The van der Waals surface area contributed by atoms with Crippen LogP contribution in [0.2, 0.25) is 0 Å². The molecule has 0 aromatic heterocycles. The summed E-state index contributed by atoms with van der Waals surface area (Å²) in [6.45, 7) is 8.92. The second-order valence-electron chi connectivity index (χ2n) is 4.21. The lowest BCUT2D eigenvalue weighted by Gasteiger charge is -2.37. The Morgan fingerprint density at radius 3 is 2.14 bits per heavy atom. The normalized spacial score (nSPS) is 10.9. The van der Waals surface area contributed by atoms with Crippen LogP contribution in [0.4, 0.5) is 0 Å². The lowest BCUT2D eigenvalue weighted by molar-refractivity contribution is 0.231. The third-order valence-corrected chi connectivity index (χ3v) is 1.78. The number of nitrogens with two attached hydrogens (primary N) is 1. The molecular weight excluding hydrogens is 178 g/mol. The van der Waals surface area contributed by atoms with Crippen molar-refractivity contribution in [1.82, 2.24) is 10.2 Å². The van der Waals surface area contributed by atoms with Crippen molar-refractivity contribution in [1.29, 1.82) is 10.8 Å². The third-order valence-electron chi connectivity index (χ3n) is 1.78. The molecule has 0 atom stereocenters. The largest absolute Gasteiger partial charge is 0.370 e. The van der Waals surface area contributed by atoms with Gasteiger partial charge in [0.1, 0.15) is 0 Å². The van der Waals surface area contributed by atoms with E-state index < -0.39 is 0 Å². The second-order valence-corrected chi connectivity index (χ2v) is 4.21. The number of nitrogens with one attached hydrogen (secondary N) is 3. The fourth-order valence-electron chi connectivity index (χ4n) is 1.20. The molecule has 0 amide bonds. The number of nitrogens with zero attached hydrogens (tertiary/aromatic N) is 1. The highest BCUT2D eigenvalue weighted by Gasteiger charge is 2.23. The maximum atomic E-state index is 7.73. The Morgan fingerprint density at radius 1 is 1.36 bits per heavy atom. The van der Waals surface area contributed by atoms with Gasteiger partial charge >= 0.3 is 0 Å². The summed E-state index contributed by atoms with van der Waals surface area (Å²) in [7, 11) is 0. The zero-order valence-electron chi connectivity index (χ0n) is 9.44. The Hall–Kier alpha value is -1.26. The number of guanidine groups is 2. The summed E-state index contributed by atoms with van der Waals surface area (Å²) in [5.41, 5.74) is 5.05. The van der Waals surface area contributed by atoms with Crippen LogP contribution in [0.1, 0.15) is 34.1 Å². The van der Waals surface area contributed by atoms with Gasteiger partial charge in [0.25, 0.3) is 0 Å². The number of rotatable bonds is 2. The fourth-order valence-corrected chi connectivity index (χ4v) is 1.20. The SMILES string of the molecule is CCCN(C(=N)NC(=N)N)C(C)(C)C. The van der Waals surface area contributed by atoms with Crippen LogP contribution in [-0.2, 0) is 0 Å². The molecule has 0 saturated heterocycles. The van der Waals surface area contributed by atoms with Crippen LogP contribution in [-0.4, -0.2) is 28.9 Å². The first-order chi connectivity index (χ1) is 6.29. The predicted molar refractivity (Wildman–Crippen MR) is 59.5 cm³/mol. The van der Waals surface area contributed by atoms with Gasteiger partial charge in [-0.05, 0) is 27.2 Å². The highest BCUT2D eigenvalue weighted by Crippen LogP contribution is 2.12. The molecule has 5 heteroatoms. The van der Waals surface area contributed by atoms with Crippen molar-refractivity contribution in [2.75, 3.05) is 6.54 Å². The maximum Gasteiger partial charge on any atom is 0.198 e. The maximum absolute atomic E-state index is 7.73. The van der Waals surface area contributed by atoms with E-state index in [0.29, 0.717) is 0 Å². The van der Waals surface area contributed by atoms with Gasteiger partial charge in [-0.15, -0.1) is 0 Å². The molecule has 0 radical (unpaired) electrons. The van der Waals surface area contributed by atoms with Crippen molar-refractivity contribution in [3.8, 4) is 0 Å². The summed E-state index contributed by atoms with van der Waals surface area (Å²) in [4.78, 5) is 1.88. The van der Waals surface area contributed by atoms with Gasteiger partial charge in [-0.3, -0.25) is 16.1 Å². The molecule has 5 N–H and O–H groups in total. The van der Waals surface area contributed by atoms with Crippen LogP contribution < -0.4 is 11.1 Å². The van der Waals surface area contributed by atoms with E-state index in [4.69, 9.17) is 16.6 Å². The van der Waals surface area contributed by atoms with E-state index in [9.17, 15) is 0 Å². The average Bonchev–Trinajstić information content (AvgIpc) is 1.96. The molecule has 0 rings (SSSR count). The molecule has 0 aromatic carbocycles. The molecular formula is C9H21N5. The van der Waals surface area contributed by atoms with Crippen LogP contribution >= 0.6 is 0 Å². The molecule has 82 valence electrons. The minimum absolute atomic E-state index is 0.129. The molecule has 14 heavy (non-hydrogen) atoms. The van der Waals surface area contributed by atoms with Gasteiger partial charge in [-0.2, -0.15) is 0 Å². The molecule has 0 spiro atoms. The molecule has 0 saturated carbocycles. The lowest BCUT2D eigenvalue weighted by Crippen LogP contribution is -2.53. The van der Waals surface area contributed by atoms with Crippen molar-refractivity contribution >= 4 is 11.9 Å². The predicted octanol–water partition coefficient (Wildman–Crippen LogP) is 0.915. The van der Waals surface area contributed by atoms with E-state index in [1.54, 1.807) is 0 Å². The van der Waals surface area contributed by atoms with Crippen LogP contribution in [0.15, 0.2) is 0 Å². The number of hydrogen-bond acceptors (Lipinski definition) is 2. The molecule has 0 aromatic rings. The van der Waals surface area contributed by atoms with Crippen molar-refractivity contribution in [2.45, 2.75) is 39.7 Å². The summed E-state index contributed by atoms with van der Waals surface area (Å²) in [6, 6.07) is 0. The van der Waals surface area contributed by atoms with Gasteiger partial charge in [0, 0.05) is 12.1 Å². The van der Waals surface area contributed by atoms with Gasteiger partial charge in [0.15, 0.2) is 11.9 Å². The quantitative estimate of drug-likeness (QED) is 0.394. The summed E-state index contributed by atoms with van der Waals surface area (Å²) in [5.74, 6) is -0.00722. The zero-order valence-corrected chi connectivity index (χ0v) is 9.44. The van der Waals surface area contributed by atoms with Crippen LogP contribution in [0, 0.1) is 10.8 Å². The van der Waals surface area contributed by atoms with E-state index in [1.165, 1.54) is 0 Å². The first-order valence-corrected chi connectivity index (χ1v) is 4.76. The van der Waals surface area contributed by atoms with Crippen molar-refractivity contribution in [3.05, 3.63) is 0 Å². The van der Waals surface area contributed by atoms with E-state index >= 15 is 0 Å². The topological polar surface area (TPSA) is 89.0 Å². The lowest BCUT2D eigenvalue weighted by atomic mass is 10.1. The van der Waals surface area contributed by atoms with Crippen LogP contribution in [0.5, 0.6) is 0 Å². The van der Waals surface area contributed by atoms with E-state index in [1.807, 2.05) is 25.7 Å². The Kier molecular flexibility index (Phi) is 4.40. The standard InChI is InChI=1S/C9H21N5/c1-5-6-14(9(2,3)4)8(12)13-7(10)11/h5-6H2,1-4H3,(H5,10,11,12,13). The number of hydrogen-bond donors (Lipinski definition) is 4. The molecule has 0 aliphatic carbocycles. The molecule has 0 fully saturated rings. The van der Waals surface area contributed by atoms with Crippen LogP contribution in [0.25, 0.3) is 0 Å². The highest BCUT2D eigenvalue weighted by molar-refractivity contribution is 5.95. The summed E-state index contributed by atoms with van der Waals surface area (Å²) in [6.07, 6.45) is 0.958. The Bertz CT molecular complexity index is 216. The first kappa shape index (κ1) is 12.7. The smallest absolute Gasteiger partial charge is 0.198 e. The van der Waals surface area contributed by atoms with E-state index in [-0.39, 0.29) is 17.5 Å². The van der Waals surface area contributed by atoms with Gasteiger partial charge < -0.3 is 10.6 Å². The van der Waals surface area contributed by atoms with Gasteiger partial charge in [-0.1, -0.05) is 6.92 Å². The molecule has 5 nitrogen and oxygen atoms in total. The average molecular weight is 199 g/mol. The van der Waals surface area contributed by atoms with Gasteiger partial charge in [-0.25, -0.2) is 0 Å². The van der Waals surface area contributed by atoms with Crippen molar-refractivity contribution in [2.24, 2.45) is 5.73 Å². The summed E-state index contributed by atoms with van der Waals surface area (Å²) < 4.78 is 0. The molecule has 0 aliphatic heterocycles. The monoisotopic (exact) mass is 199 g/mol. The fraction of sp³-hybridized carbons (Fsp3) is 0.778.